The Morgan fingerprint density at radius 2 is 2.43 bits per heavy atom. The lowest BCUT2D eigenvalue weighted by molar-refractivity contribution is -0.107. The number of methoxy groups -OCH3 is 1. The van der Waals surface area contributed by atoms with E-state index in [1.54, 1.807) is 23.8 Å². The van der Waals surface area contributed by atoms with E-state index in [-0.39, 0.29) is 0 Å². The maximum Gasteiger partial charge on any atom is 0.198 e. The normalized spacial score (nSPS) is 10.4. The summed E-state index contributed by atoms with van der Waals surface area (Å²) in [5, 5.41) is 4.01. The first-order valence-corrected chi connectivity index (χ1v) is 4.16. The summed E-state index contributed by atoms with van der Waals surface area (Å²) in [6.07, 6.45) is 2.60. The van der Waals surface area contributed by atoms with Gasteiger partial charge < -0.3 is 9.53 Å². The number of rotatable bonds is 3. The van der Waals surface area contributed by atoms with Crippen LogP contribution in [0.5, 0.6) is 5.75 Å². The van der Waals surface area contributed by atoms with Gasteiger partial charge in [-0.3, -0.25) is 0 Å². The Kier molecular flexibility index (Phi) is 2.14. The van der Waals surface area contributed by atoms with Crippen molar-refractivity contribution in [3.05, 3.63) is 24.2 Å². The van der Waals surface area contributed by atoms with Gasteiger partial charge in [0.15, 0.2) is 11.4 Å². The van der Waals surface area contributed by atoms with Crippen molar-refractivity contribution in [1.29, 1.82) is 0 Å². The standard InChI is InChI=1S/C9H9N3O2/c1-14-8-3-2-7(4-5-13)12-9(8)10-6-11-12/h2-3,5-6H,4H2,1H3. The molecule has 0 fully saturated rings. The van der Waals surface area contributed by atoms with E-state index in [1.807, 2.05) is 0 Å². The minimum Gasteiger partial charge on any atom is -0.493 e. The molecule has 2 heterocycles. The molecule has 0 bridgehead atoms. The van der Waals surface area contributed by atoms with Gasteiger partial charge in [-0.25, -0.2) is 9.50 Å². The maximum atomic E-state index is 10.4. The zero-order valence-corrected chi connectivity index (χ0v) is 7.67. The summed E-state index contributed by atoms with van der Waals surface area (Å²) in [5.74, 6) is 0.650. The Balaban J connectivity index is 2.65. The van der Waals surface area contributed by atoms with E-state index >= 15 is 0 Å². The number of hydrogen-bond acceptors (Lipinski definition) is 4. The quantitative estimate of drug-likeness (QED) is 0.662. The minimum absolute atomic E-state index is 0.323. The van der Waals surface area contributed by atoms with Gasteiger partial charge in [-0.05, 0) is 12.1 Å². The largest absolute Gasteiger partial charge is 0.493 e. The van der Waals surface area contributed by atoms with Crippen molar-refractivity contribution in [1.82, 2.24) is 14.6 Å². The molecule has 0 N–H and O–H groups in total. The number of pyridine rings is 1. The molecule has 5 nitrogen and oxygen atoms in total. The van der Waals surface area contributed by atoms with Gasteiger partial charge in [0.25, 0.3) is 0 Å². The average molecular weight is 191 g/mol. The Morgan fingerprint density at radius 1 is 1.57 bits per heavy atom. The minimum atomic E-state index is 0.323. The Bertz CT molecular complexity index is 464. The van der Waals surface area contributed by atoms with E-state index in [2.05, 4.69) is 10.1 Å². The van der Waals surface area contributed by atoms with Crippen LogP contribution in [0.4, 0.5) is 0 Å². The molecule has 2 aromatic rings. The molecule has 5 heteroatoms. The Hall–Kier alpha value is -1.91. The molecular formula is C9H9N3O2. The predicted molar refractivity (Wildman–Crippen MR) is 49.3 cm³/mol. The third-order valence-electron chi connectivity index (χ3n) is 1.98. The second-order valence-electron chi connectivity index (χ2n) is 2.76. The van der Waals surface area contributed by atoms with Gasteiger partial charge in [-0.2, -0.15) is 5.10 Å². The van der Waals surface area contributed by atoms with Crippen LogP contribution in [0.3, 0.4) is 0 Å². The van der Waals surface area contributed by atoms with Crippen LogP contribution in [0.1, 0.15) is 5.69 Å². The molecule has 72 valence electrons. The first kappa shape index (κ1) is 8.68. The van der Waals surface area contributed by atoms with Crippen molar-refractivity contribution in [2.75, 3.05) is 7.11 Å². The smallest absolute Gasteiger partial charge is 0.198 e. The predicted octanol–water partition coefficient (Wildman–Crippen LogP) is 0.479. The lowest BCUT2D eigenvalue weighted by Crippen LogP contribution is -2.00. The van der Waals surface area contributed by atoms with Crippen molar-refractivity contribution in [3.8, 4) is 5.75 Å². The molecule has 2 aromatic heterocycles. The van der Waals surface area contributed by atoms with Crippen molar-refractivity contribution >= 4 is 11.9 Å². The van der Waals surface area contributed by atoms with Crippen molar-refractivity contribution < 1.29 is 9.53 Å². The highest BCUT2D eigenvalue weighted by atomic mass is 16.5. The van der Waals surface area contributed by atoms with Crippen LogP contribution in [-0.2, 0) is 11.2 Å². The molecule has 14 heavy (non-hydrogen) atoms. The van der Waals surface area contributed by atoms with Gasteiger partial charge in [0, 0.05) is 6.42 Å². The fraction of sp³-hybridized carbons (Fsp3) is 0.222. The highest BCUT2D eigenvalue weighted by Gasteiger charge is 2.07. The lowest BCUT2D eigenvalue weighted by Gasteiger charge is -2.04. The van der Waals surface area contributed by atoms with E-state index in [4.69, 9.17) is 4.74 Å². The van der Waals surface area contributed by atoms with Crippen LogP contribution in [0.15, 0.2) is 18.5 Å². The molecule has 0 saturated heterocycles. The SMILES string of the molecule is COc1ccc(CC=O)n2ncnc12. The maximum absolute atomic E-state index is 10.4. The van der Waals surface area contributed by atoms with Crippen LogP contribution in [0.25, 0.3) is 5.65 Å². The highest BCUT2D eigenvalue weighted by Crippen LogP contribution is 2.17. The lowest BCUT2D eigenvalue weighted by atomic mass is 10.3. The fourth-order valence-electron chi connectivity index (χ4n) is 1.34. The summed E-state index contributed by atoms with van der Waals surface area (Å²) in [7, 11) is 1.57. The topological polar surface area (TPSA) is 56.5 Å². The average Bonchev–Trinajstić information content (AvgIpc) is 2.67. The zero-order chi connectivity index (χ0) is 9.97. The first-order chi connectivity index (χ1) is 6.86. The monoisotopic (exact) mass is 191 g/mol. The van der Waals surface area contributed by atoms with E-state index in [0.717, 1.165) is 12.0 Å². The third kappa shape index (κ3) is 1.22. The number of carbonyl (C=O) groups is 1. The molecule has 0 spiro atoms. The van der Waals surface area contributed by atoms with Crippen molar-refractivity contribution in [2.24, 2.45) is 0 Å². The number of fused-ring (bicyclic) bond motifs is 1. The van der Waals surface area contributed by atoms with E-state index in [0.29, 0.717) is 17.8 Å². The van der Waals surface area contributed by atoms with E-state index in [1.165, 1.54) is 6.33 Å². The molecule has 0 amide bonds. The number of nitrogens with zero attached hydrogens (tertiary/aromatic N) is 3. The second kappa shape index (κ2) is 3.45. The second-order valence-corrected chi connectivity index (χ2v) is 2.76. The molecule has 0 aromatic carbocycles. The molecule has 0 aliphatic heterocycles. The van der Waals surface area contributed by atoms with Crippen molar-refractivity contribution in [2.45, 2.75) is 6.42 Å². The van der Waals surface area contributed by atoms with E-state index in [9.17, 15) is 4.79 Å². The summed E-state index contributed by atoms with van der Waals surface area (Å²) in [6.45, 7) is 0. The van der Waals surface area contributed by atoms with Crippen LogP contribution >= 0.6 is 0 Å². The third-order valence-corrected chi connectivity index (χ3v) is 1.98. The molecule has 0 saturated carbocycles. The number of ether oxygens (including phenoxy) is 1. The van der Waals surface area contributed by atoms with Gasteiger partial charge in [0.2, 0.25) is 0 Å². The molecule has 0 aliphatic carbocycles. The van der Waals surface area contributed by atoms with Crippen LogP contribution in [0, 0.1) is 0 Å². The molecule has 0 unspecified atom stereocenters. The summed E-state index contributed by atoms with van der Waals surface area (Å²) >= 11 is 0. The van der Waals surface area contributed by atoms with Crippen molar-refractivity contribution in [3.63, 3.8) is 0 Å². The molecular weight excluding hydrogens is 182 g/mol. The van der Waals surface area contributed by atoms with Gasteiger partial charge in [-0.15, -0.1) is 0 Å². The molecule has 0 radical (unpaired) electrons. The van der Waals surface area contributed by atoms with Gasteiger partial charge in [0.05, 0.1) is 12.8 Å². The summed E-state index contributed by atoms with van der Waals surface area (Å²) < 4.78 is 6.71. The Morgan fingerprint density at radius 3 is 3.14 bits per heavy atom. The van der Waals surface area contributed by atoms with Crippen LogP contribution < -0.4 is 4.74 Å². The summed E-state index contributed by atoms with van der Waals surface area (Å²) in [4.78, 5) is 14.4. The van der Waals surface area contributed by atoms with E-state index < -0.39 is 0 Å². The molecule has 2 rings (SSSR count). The van der Waals surface area contributed by atoms with Crippen LogP contribution in [-0.4, -0.2) is 28.0 Å². The summed E-state index contributed by atoms with van der Waals surface area (Å²) in [6, 6.07) is 3.58. The number of hydrogen-bond donors (Lipinski definition) is 0. The Labute approximate surface area is 80.3 Å². The number of aldehydes is 1. The zero-order valence-electron chi connectivity index (χ0n) is 7.67. The number of aromatic nitrogens is 3. The first-order valence-electron chi connectivity index (χ1n) is 4.16. The number of carbonyl (C=O) groups excluding carboxylic acids is 1. The summed E-state index contributed by atoms with van der Waals surface area (Å²) in [5.41, 5.74) is 1.43. The van der Waals surface area contributed by atoms with Crippen LogP contribution in [0.2, 0.25) is 0 Å². The van der Waals surface area contributed by atoms with Gasteiger partial charge in [0.1, 0.15) is 12.6 Å². The highest BCUT2D eigenvalue weighted by molar-refractivity contribution is 5.58. The fourth-order valence-corrected chi connectivity index (χ4v) is 1.34. The van der Waals surface area contributed by atoms with Gasteiger partial charge >= 0.3 is 0 Å². The molecule has 0 atom stereocenters. The molecule has 0 aliphatic rings. The van der Waals surface area contributed by atoms with Gasteiger partial charge in [-0.1, -0.05) is 0 Å².